The lowest BCUT2D eigenvalue weighted by molar-refractivity contribution is 0.168. The van der Waals surface area contributed by atoms with Crippen LogP contribution in [-0.4, -0.2) is 36.5 Å². The number of rotatable bonds is 7. The fourth-order valence-electron chi connectivity index (χ4n) is 2.65. The molecule has 0 aliphatic heterocycles. The summed E-state index contributed by atoms with van der Waals surface area (Å²) >= 11 is 5.89. The molecule has 3 heteroatoms. The quantitative estimate of drug-likeness (QED) is 0.701. The van der Waals surface area contributed by atoms with Crippen molar-refractivity contribution in [3.05, 3.63) is 30.3 Å². The maximum atomic E-state index is 5.89. The van der Waals surface area contributed by atoms with Crippen molar-refractivity contribution in [2.24, 2.45) is 0 Å². The highest BCUT2D eigenvalue weighted by Crippen LogP contribution is 2.23. The van der Waals surface area contributed by atoms with Gasteiger partial charge in [0.05, 0.1) is 0 Å². The van der Waals surface area contributed by atoms with Crippen molar-refractivity contribution in [3.63, 3.8) is 0 Å². The van der Waals surface area contributed by atoms with E-state index in [1.807, 2.05) is 30.3 Å². The maximum Gasteiger partial charge on any atom is 0.119 e. The maximum absolute atomic E-state index is 5.89. The molecule has 1 saturated carbocycles. The van der Waals surface area contributed by atoms with Crippen LogP contribution in [0.3, 0.4) is 0 Å². The lowest BCUT2D eigenvalue weighted by Crippen LogP contribution is -2.37. The molecule has 18 heavy (non-hydrogen) atoms. The summed E-state index contributed by atoms with van der Waals surface area (Å²) in [4.78, 5) is 2.49. The van der Waals surface area contributed by atoms with Crippen LogP contribution < -0.4 is 4.74 Å². The standard InChI is InChI=1S/C15H22ClNO/c16-10-11-17(14-6-4-5-7-14)12-13-18-15-8-2-1-3-9-15/h1-3,8-9,14H,4-7,10-13H2. The first kappa shape index (κ1) is 13.7. The van der Waals surface area contributed by atoms with Gasteiger partial charge in [0.1, 0.15) is 12.4 Å². The third kappa shape index (κ3) is 4.18. The van der Waals surface area contributed by atoms with Crippen LogP contribution >= 0.6 is 11.6 Å². The minimum absolute atomic E-state index is 0.710. The largest absolute Gasteiger partial charge is 0.492 e. The number of halogens is 1. The van der Waals surface area contributed by atoms with Gasteiger partial charge in [-0.25, -0.2) is 0 Å². The zero-order valence-corrected chi connectivity index (χ0v) is 11.6. The second-order valence-corrected chi connectivity index (χ2v) is 5.20. The SMILES string of the molecule is ClCCN(CCOc1ccccc1)C1CCCC1. The molecule has 1 fully saturated rings. The van der Waals surface area contributed by atoms with Crippen LogP contribution in [0.1, 0.15) is 25.7 Å². The Kier molecular flexibility index (Phi) is 5.82. The van der Waals surface area contributed by atoms with Crippen LogP contribution in [0, 0.1) is 0 Å². The number of nitrogens with zero attached hydrogens (tertiary/aromatic N) is 1. The molecule has 0 spiro atoms. The van der Waals surface area contributed by atoms with E-state index >= 15 is 0 Å². The lowest BCUT2D eigenvalue weighted by Gasteiger charge is -2.27. The predicted octanol–water partition coefficient (Wildman–Crippen LogP) is 3.55. The Balaban J connectivity index is 1.75. The number of alkyl halides is 1. The van der Waals surface area contributed by atoms with E-state index in [4.69, 9.17) is 16.3 Å². The van der Waals surface area contributed by atoms with E-state index in [9.17, 15) is 0 Å². The molecule has 2 nitrogen and oxygen atoms in total. The Hall–Kier alpha value is -0.730. The molecule has 0 bridgehead atoms. The minimum Gasteiger partial charge on any atom is -0.492 e. The molecule has 0 atom stereocenters. The Bertz CT molecular complexity index is 325. The first-order chi connectivity index (χ1) is 8.90. The van der Waals surface area contributed by atoms with Crippen molar-refractivity contribution >= 4 is 11.6 Å². The van der Waals surface area contributed by atoms with Crippen molar-refractivity contribution in [2.45, 2.75) is 31.7 Å². The van der Waals surface area contributed by atoms with Crippen LogP contribution in [0.4, 0.5) is 0 Å². The number of benzene rings is 1. The molecule has 0 aromatic heterocycles. The average molecular weight is 268 g/mol. The van der Waals surface area contributed by atoms with Gasteiger partial charge in [0, 0.05) is 25.0 Å². The van der Waals surface area contributed by atoms with Crippen LogP contribution in [0.2, 0.25) is 0 Å². The summed E-state index contributed by atoms with van der Waals surface area (Å²) < 4.78 is 5.76. The summed E-state index contributed by atoms with van der Waals surface area (Å²) in [5.41, 5.74) is 0. The van der Waals surface area contributed by atoms with Gasteiger partial charge < -0.3 is 4.74 Å². The molecule has 0 saturated heterocycles. The first-order valence-corrected chi connectivity index (χ1v) is 7.41. The van der Waals surface area contributed by atoms with Gasteiger partial charge in [-0.1, -0.05) is 31.0 Å². The van der Waals surface area contributed by atoms with Gasteiger partial charge >= 0.3 is 0 Å². The van der Waals surface area contributed by atoms with Gasteiger partial charge in [-0.2, -0.15) is 0 Å². The van der Waals surface area contributed by atoms with Crippen LogP contribution in [0.25, 0.3) is 0 Å². The topological polar surface area (TPSA) is 12.5 Å². The second kappa shape index (κ2) is 7.65. The summed E-state index contributed by atoms with van der Waals surface area (Å²) in [6.07, 6.45) is 5.37. The summed E-state index contributed by atoms with van der Waals surface area (Å²) in [5.74, 6) is 1.66. The molecule has 1 aromatic carbocycles. The Morgan fingerprint density at radius 2 is 1.83 bits per heavy atom. The normalized spacial score (nSPS) is 16.3. The molecule has 1 aliphatic carbocycles. The van der Waals surface area contributed by atoms with Crippen molar-refractivity contribution in [1.29, 1.82) is 0 Å². The highest BCUT2D eigenvalue weighted by Gasteiger charge is 2.21. The van der Waals surface area contributed by atoms with Crippen molar-refractivity contribution in [3.8, 4) is 5.75 Å². The predicted molar refractivity (Wildman–Crippen MR) is 76.5 cm³/mol. The summed E-state index contributed by atoms with van der Waals surface area (Å²) in [6, 6.07) is 10.7. The molecule has 2 rings (SSSR count). The summed E-state index contributed by atoms with van der Waals surface area (Å²) in [6.45, 7) is 2.70. The summed E-state index contributed by atoms with van der Waals surface area (Å²) in [5, 5.41) is 0. The highest BCUT2D eigenvalue weighted by atomic mass is 35.5. The minimum atomic E-state index is 0.710. The lowest BCUT2D eigenvalue weighted by atomic mass is 10.2. The molecular formula is C15H22ClNO. The van der Waals surface area contributed by atoms with Gasteiger partial charge in [0.15, 0.2) is 0 Å². The fraction of sp³-hybridized carbons (Fsp3) is 0.600. The van der Waals surface area contributed by atoms with Gasteiger partial charge in [0.25, 0.3) is 0 Å². The molecule has 0 N–H and O–H groups in total. The smallest absolute Gasteiger partial charge is 0.119 e. The number of hydrogen-bond donors (Lipinski definition) is 0. The summed E-state index contributed by atoms with van der Waals surface area (Å²) in [7, 11) is 0. The van der Waals surface area contributed by atoms with Crippen LogP contribution in [-0.2, 0) is 0 Å². The molecule has 0 unspecified atom stereocenters. The van der Waals surface area contributed by atoms with Crippen molar-refractivity contribution in [2.75, 3.05) is 25.6 Å². The van der Waals surface area contributed by atoms with E-state index < -0.39 is 0 Å². The van der Waals surface area contributed by atoms with Gasteiger partial charge in [-0.05, 0) is 25.0 Å². The Labute approximate surface area is 115 Å². The van der Waals surface area contributed by atoms with Gasteiger partial charge in [-0.3, -0.25) is 4.90 Å². The molecule has 100 valence electrons. The van der Waals surface area contributed by atoms with E-state index in [-0.39, 0.29) is 0 Å². The number of para-hydroxylation sites is 1. The van der Waals surface area contributed by atoms with Crippen molar-refractivity contribution < 1.29 is 4.74 Å². The van der Waals surface area contributed by atoms with Gasteiger partial charge in [0.2, 0.25) is 0 Å². The third-order valence-corrected chi connectivity index (χ3v) is 3.77. The van der Waals surface area contributed by atoms with Crippen molar-refractivity contribution in [1.82, 2.24) is 4.90 Å². The van der Waals surface area contributed by atoms with E-state index in [0.29, 0.717) is 5.88 Å². The Morgan fingerprint density at radius 1 is 1.11 bits per heavy atom. The highest BCUT2D eigenvalue weighted by molar-refractivity contribution is 6.18. The van der Waals surface area contributed by atoms with E-state index in [1.165, 1.54) is 25.7 Å². The first-order valence-electron chi connectivity index (χ1n) is 6.88. The fourth-order valence-corrected chi connectivity index (χ4v) is 2.87. The molecule has 0 amide bonds. The molecule has 0 heterocycles. The molecule has 1 aliphatic rings. The van der Waals surface area contributed by atoms with Crippen LogP contribution in [0.15, 0.2) is 30.3 Å². The average Bonchev–Trinajstić information content (AvgIpc) is 2.93. The molecule has 0 radical (unpaired) electrons. The van der Waals surface area contributed by atoms with E-state index in [1.54, 1.807) is 0 Å². The zero-order valence-electron chi connectivity index (χ0n) is 10.9. The van der Waals surface area contributed by atoms with Gasteiger partial charge in [-0.15, -0.1) is 11.6 Å². The molecule has 1 aromatic rings. The van der Waals surface area contributed by atoms with E-state index in [0.717, 1.165) is 31.5 Å². The zero-order chi connectivity index (χ0) is 12.6. The Morgan fingerprint density at radius 3 is 2.50 bits per heavy atom. The number of ether oxygens (including phenoxy) is 1. The monoisotopic (exact) mass is 267 g/mol. The third-order valence-electron chi connectivity index (χ3n) is 3.60. The van der Waals surface area contributed by atoms with Crippen LogP contribution in [0.5, 0.6) is 5.75 Å². The van der Waals surface area contributed by atoms with E-state index in [2.05, 4.69) is 4.90 Å². The molecular weight excluding hydrogens is 246 g/mol. The second-order valence-electron chi connectivity index (χ2n) is 4.82. The number of hydrogen-bond acceptors (Lipinski definition) is 2.